The molecule has 1 amide bonds. The van der Waals surface area contributed by atoms with Gasteiger partial charge in [0.05, 0.1) is 34.2 Å². The second-order valence-corrected chi connectivity index (χ2v) is 10.7. The van der Waals surface area contributed by atoms with Gasteiger partial charge in [-0.25, -0.2) is 17.2 Å². The van der Waals surface area contributed by atoms with E-state index in [2.05, 4.69) is 0 Å². The van der Waals surface area contributed by atoms with E-state index >= 15 is 0 Å². The monoisotopic (exact) mass is 510 g/mol. The predicted molar refractivity (Wildman–Crippen MR) is 140 cm³/mol. The Hall–Kier alpha value is -4.43. The molecule has 0 atom stereocenters. The first-order valence-corrected chi connectivity index (χ1v) is 13.2. The molecule has 0 saturated carbocycles. The molecular weight excluding hydrogens is 488 g/mol. The predicted octanol–water partition coefficient (Wildman–Crippen LogP) is 4.97. The normalized spacial score (nSPS) is 13.3. The minimum Gasteiger partial charge on any atom is -0.465 e. The molecule has 0 saturated heterocycles. The number of hydrogen-bond donors (Lipinski definition) is 0. The number of methoxy groups -OCH3 is 1. The summed E-state index contributed by atoms with van der Waals surface area (Å²) in [6.07, 6.45) is 0. The average molecular weight is 511 g/mol. The van der Waals surface area contributed by atoms with Crippen LogP contribution in [-0.4, -0.2) is 36.3 Å². The Morgan fingerprint density at radius 2 is 1.57 bits per heavy atom. The highest BCUT2D eigenvalue weighted by Crippen LogP contribution is 2.41. The molecule has 1 aliphatic rings. The van der Waals surface area contributed by atoms with E-state index in [4.69, 9.17) is 4.74 Å². The average Bonchev–Trinajstić information content (AvgIpc) is 3.43. The lowest BCUT2D eigenvalue weighted by Gasteiger charge is -2.15. The number of para-hydroxylation sites is 1. The van der Waals surface area contributed by atoms with Crippen molar-refractivity contribution in [1.29, 1.82) is 0 Å². The zero-order valence-electron chi connectivity index (χ0n) is 19.9. The van der Waals surface area contributed by atoms with Gasteiger partial charge in [-0.05, 0) is 35.4 Å². The summed E-state index contributed by atoms with van der Waals surface area (Å²) in [4.78, 5) is 28.6. The zero-order valence-corrected chi connectivity index (χ0v) is 20.7. The maximum absolute atomic E-state index is 14.0. The van der Waals surface area contributed by atoms with Crippen LogP contribution in [0.4, 0.5) is 0 Å². The molecule has 0 unspecified atom stereocenters. The molecule has 1 aliphatic heterocycles. The van der Waals surface area contributed by atoms with E-state index in [9.17, 15) is 18.0 Å². The number of carbonyl (C=O) groups excluding carboxylic acids is 2. The van der Waals surface area contributed by atoms with E-state index in [-0.39, 0.29) is 21.9 Å². The molecule has 5 aromatic rings. The van der Waals surface area contributed by atoms with Crippen molar-refractivity contribution in [3.05, 3.63) is 113 Å². The van der Waals surface area contributed by atoms with E-state index in [1.54, 1.807) is 53.4 Å². The van der Waals surface area contributed by atoms with Gasteiger partial charge in [0, 0.05) is 23.9 Å². The number of rotatable bonds is 5. The van der Waals surface area contributed by atoms with Gasteiger partial charge in [0.15, 0.2) is 0 Å². The van der Waals surface area contributed by atoms with Crippen molar-refractivity contribution in [1.82, 2.24) is 8.87 Å². The summed E-state index contributed by atoms with van der Waals surface area (Å²) in [7, 11) is -2.87. The highest BCUT2D eigenvalue weighted by molar-refractivity contribution is 7.90. The van der Waals surface area contributed by atoms with E-state index in [0.29, 0.717) is 40.5 Å². The van der Waals surface area contributed by atoms with Gasteiger partial charge < -0.3 is 9.64 Å². The van der Waals surface area contributed by atoms with Gasteiger partial charge in [0.2, 0.25) is 0 Å². The maximum Gasteiger partial charge on any atom is 0.340 e. The SMILES string of the molecule is COC(=O)c1cc2c(c3c4ccccc4n(S(=O)(=O)c4ccccc4)c13)C(=O)N(Cc1ccccc1)C2. The van der Waals surface area contributed by atoms with E-state index < -0.39 is 16.0 Å². The zero-order chi connectivity index (χ0) is 25.7. The lowest BCUT2D eigenvalue weighted by atomic mass is 9.98. The minimum atomic E-state index is -4.13. The summed E-state index contributed by atoms with van der Waals surface area (Å²) in [6.45, 7) is 0.693. The van der Waals surface area contributed by atoms with Gasteiger partial charge >= 0.3 is 5.97 Å². The highest BCUT2D eigenvalue weighted by atomic mass is 32.2. The number of nitrogens with zero attached hydrogens (tertiary/aromatic N) is 2. The summed E-state index contributed by atoms with van der Waals surface area (Å²) < 4.78 is 34.2. The topological polar surface area (TPSA) is 85.7 Å². The largest absolute Gasteiger partial charge is 0.465 e. The van der Waals surface area contributed by atoms with Crippen molar-refractivity contribution >= 4 is 43.7 Å². The molecule has 0 spiro atoms. The standard InChI is InChI=1S/C29H22N2O5S/c1-36-29(33)23-16-20-18-30(17-19-10-4-2-5-11-19)28(32)25(20)26-22-14-8-9-15-24(22)31(27(23)26)37(34,35)21-12-6-3-7-13-21/h2-16H,17-18H2,1H3. The summed E-state index contributed by atoms with van der Waals surface area (Å²) in [5.41, 5.74) is 2.67. The van der Waals surface area contributed by atoms with Crippen molar-refractivity contribution in [2.75, 3.05) is 7.11 Å². The van der Waals surface area contributed by atoms with Gasteiger partial charge in [-0.3, -0.25) is 4.79 Å². The lowest BCUT2D eigenvalue weighted by molar-refractivity contribution is 0.0602. The summed E-state index contributed by atoms with van der Waals surface area (Å²) in [5.74, 6) is -0.880. The van der Waals surface area contributed by atoms with Crippen LogP contribution in [0.1, 0.15) is 31.8 Å². The molecule has 0 N–H and O–H groups in total. The number of esters is 1. The molecule has 2 heterocycles. The van der Waals surface area contributed by atoms with Crippen molar-refractivity contribution in [2.24, 2.45) is 0 Å². The van der Waals surface area contributed by atoms with Gasteiger partial charge in [0.1, 0.15) is 0 Å². The van der Waals surface area contributed by atoms with Crippen LogP contribution in [-0.2, 0) is 27.8 Å². The molecule has 37 heavy (non-hydrogen) atoms. The number of ether oxygens (including phenoxy) is 1. The fourth-order valence-electron chi connectivity index (χ4n) is 5.13. The Morgan fingerprint density at radius 3 is 2.27 bits per heavy atom. The molecule has 0 aliphatic carbocycles. The first kappa shape index (κ1) is 23.0. The molecular formula is C29H22N2O5S. The maximum atomic E-state index is 14.0. The second-order valence-electron chi connectivity index (χ2n) is 8.92. The Balaban J connectivity index is 1.68. The van der Waals surface area contributed by atoms with Crippen LogP contribution < -0.4 is 0 Å². The molecule has 7 nitrogen and oxygen atoms in total. The molecule has 184 valence electrons. The van der Waals surface area contributed by atoms with Crippen LogP contribution in [0.2, 0.25) is 0 Å². The van der Waals surface area contributed by atoms with Crippen molar-refractivity contribution in [3.8, 4) is 0 Å². The Bertz CT molecular complexity index is 1810. The third-order valence-corrected chi connectivity index (χ3v) is 8.47. The third-order valence-electron chi connectivity index (χ3n) is 6.74. The molecule has 1 aromatic heterocycles. The number of amides is 1. The Labute approximate surface area is 213 Å². The molecule has 4 aromatic carbocycles. The molecule has 8 heteroatoms. The number of aromatic nitrogens is 1. The second kappa shape index (κ2) is 8.60. The molecule has 0 radical (unpaired) electrons. The van der Waals surface area contributed by atoms with Gasteiger partial charge in [-0.2, -0.15) is 0 Å². The Kier molecular flexibility index (Phi) is 5.35. The van der Waals surface area contributed by atoms with Crippen LogP contribution in [0.5, 0.6) is 0 Å². The Morgan fingerprint density at radius 1 is 0.919 bits per heavy atom. The number of hydrogen-bond acceptors (Lipinski definition) is 5. The van der Waals surface area contributed by atoms with E-state index in [1.165, 1.54) is 23.2 Å². The van der Waals surface area contributed by atoms with Crippen molar-refractivity contribution in [3.63, 3.8) is 0 Å². The smallest absolute Gasteiger partial charge is 0.340 e. The minimum absolute atomic E-state index is 0.0750. The lowest BCUT2D eigenvalue weighted by Crippen LogP contribution is -2.23. The third kappa shape index (κ3) is 3.52. The fourth-order valence-corrected chi connectivity index (χ4v) is 6.69. The van der Waals surface area contributed by atoms with Crippen molar-refractivity contribution < 1.29 is 22.7 Å². The number of carbonyl (C=O) groups is 2. The first-order chi connectivity index (χ1) is 17.9. The molecule has 6 rings (SSSR count). The highest BCUT2D eigenvalue weighted by Gasteiger charge is 2.36. The fraction of sp³-hybridized carbons (Fsp3) is 0.103. The number of fused-ring (bicyclic) bond motifs is 5. The van der Waals surface area contributed by atoms with Crippen LogP contribution in [0.25, 0.3) is 21.8 Å². The van der Waals surface area contributed by atoms with Gasteiger partial charge in [-0.1, -0.05) is 66.7 Å². The first-order valence-electron chi connectivity index (χ1n) is 11.7. The van der Waals surface area contributed by atoms with Crippen LogP contribution in [0.15, 0.2) is 95.9 Å². The molecule has 0 fully saturated rings. The van der Waals surface area contributed by atoms with Crippen LogP contribution in [0, 0.1) is 0 Å². The summed E-state index contributed by atoms with van der Waals surface area (Å²) in [6, 6.07) is 26.3. The van der Waals surface area contributed by atoms with Gasteiger partial charge in [-0.15, -0.1) is 0 Å². The van der Waals surface area contributed by atoms with Crippen LogP contribution in [0.3, 0.4) is 0 Å². The van der Waals surface area contributed by atoms with Gasteiger partial charge in [0.25, 0.3) is 15.9 Å². The number of benzene rings is 4. The quantitative estimate of drug-likeness (QED) is 0.312. The van der Waals surface area contributed by atoms with E-state index in [0.717, 1.165) is 5.56 Å². The van der Waals surface area contributed by atoms with E-state index in [1.807, 2.05) is 30.3 Å². The summed E-state index contributed by atoms with van der Waals surface area (Å²) >= 11 is 0. The molecule has 0 bridgehead atoms. The van der Waals surface area contributed by atoms with Crippen LogP contribution >= 0.6 is 0 Å². The summed E-state index contributed by atoms with van der Waals surface area (Å²) in [5, 5.41) is 1.02. The van der Waals surface area contributed by atoms with Crippen molar-refractivity contribution in [2.45, 2.75) is 18.0 Å².